The molecular formula is C18H21F. The molecule has 2 aromatic rings. The van der Waals surface area contributed by atoms with Gasteiger partial charge in [0, 0.05) is 5.56 Å². The van der Waals surface area contributed by atoms with Gasteiger partial charge in [-0.15, -0.1) is 0 Å². The van der Waals surface area contributed by atoms with E-state index in [4.69, 9.17) is 0 Å². The molecule has 0 fully saturated rings. The molecule has 100 valence electrons. The standard InChI is InChI=1S/C18H21F/c1-2-3-4-5-8-15-11-13-16(14-12-15)17-9-6-7-10-18(17)19/h6-7,9-14H,2-5,8H2,1H3. The highest BCUT2D eigenvalue weighted by Crippen LogP contribution is 2.23. The quantitative estimate of drug-likeness (QED) is 0.589. The Balaban J connectivity index is 2.01. The summed E-state index contributed by atoms with van der Waals surface area (Å²) in [4.78, 5) is 0. The lowest BCUT2D eigenvalue weighted by Gasteiger charge is -2.05. The summed E-state index contributed by atoms with van der Waals surface area (Å²) in [6, 6.07) is 15.2. The second kappa shape index (κ2) is 7.08. The van der Waals surface area contributed by atoms with Crippen LogP contribution in [0.4, 0.5) is 4.39 Å². The summed E-state index contributed by atoms with van der Waals surface area (Å²) in [5.41, 5.74) is 2.98. The van der Waals surface area contributed by atoms with Crippen molar-refractivity contribution < 1.29 is 4.39 Å². The molecule has 0 atom stereocenters. The van der Waals surface area contributed by atoms with E-state index < -0.39 is 0 Å². The first kappa shape index (κ1) is 13.8. The number of rotatable bonds is 6. The van der Waals surface area contributed by atoms with Crippen molar-refractivity contribution in [2.75, 3.05) is 0 Å². The molecule has 0 N–H and O–H groups in total. The fourth-order valence-corrected chi connectivity index (χ4v) is 2.30. The zero-order valence-electron chi connectivity index (χ0n) is 11.5. The second-order valence-corrected chi connectivity index (χ2v) is 4.99. The molecule has 1 heteroatoms. The van der Waals surface area contributed by atoms with Crippen LogP contribution >= 0.6 is 0 Å². The number of hydrogen-bond donors (Lipinski definition) is 0. The van der Waals surface area contributed by atoms with E-state index in [0.717, 1.165) is 12.0 Å². The minimum atomic E-state index is -0.154. The molecule has 0 aliphatic heterocycles. The lowest BCUT2D eigenvalue weighted by molar-refractivity contribution is 0.631. The maximum Gasteiger partial charge on any atom is 0.131 e. The van der Waals surface area contributed by atoms with Crippen molar-refractivity contribution in [1.82, 2.24) is 0 Å². The Labute approximate surface area is 115 Å². The lowest BCUT2D eigenvalue weighted by atomic mass is 10.0. The molecule has 0 radical (unpaired) electrons. The smallest absolute Gasteiger partial charge is 0.131 e. The van der Waals surface area contributed by atoms with E-state index in [0.29, 0.717) is 5.56 Å². The van der Waals surface area contributed by atoms with Crippen molar-refractivity contribution >= 4 is 0 Å². The Kier molecular flexibility index (Phi) is 5.14. The predicted octanol–water partition coefficient (Wildman–Crippen LogP) is 5.62. The van der Waals surface area contributed by atoms with E-state index in [9.17, 15) is 4.39 Å². The Hall–Kier alpha value is -1.63. The number of benzene rings is 2. The number of unbranched alkanes of at least 4 members (excludes halogenated alkanes) is 3. The van der Waals surface area contributed by atoms with Crippen LogP contribution in [-0.4, -0.2) is 0 Å². The van der Waals surface area contributed by atoms with Gasteiger partial charge in [-0.2, -0.15) is 0 Å². The summed E-state index contributed by atoms with van der Waals surface area (Å²) < 4.78 is 13.7. The topological polar surface area (TPSA) is 0 Å². The van der Waals surface area contributed by atoms with Crippen LogP contribution in [0.2, 0.25) is 0 Å². The average molecular weight is 256 g/mol. The second-order valence-electron chi connectivity index (χ2n) is 4.99. The Morgan fingerprint density at radius 1 is 0.842 bits per heavy atom. The molecule has 0 nitrogen and oxygen atoms in total. The molecule has 0 saturated heterocycles. The van der Waals surface area contributed by atoms with Crippen molar-refractivity contribution in [2.45, 2.75) is 39.0 Å². The van der Waals surface area contributed by atoms with Gasteiger partial charge in [0.25, 0.3) is 0 Å². The third-order valence-electron chi connectivity index (χ3n) is 3.46. The molecule has 2 rings (SSSR count). The highest BCUT2D eigenvalue weighted by Gasteiger charge is 2.03. The summed E-state index contributed by atoms with van der Waals surface area (Å²) >= 11 is 0. The van der Waals surface area contributed by atoms with Gasteiger partial charge in [0.2, 0.25) is 0 Å². The summed E-state index contributed by atoms with van der Waals surface area (Å²) in [5, 5.41) is 0. The molecule has 0 bridgehead atoms. The molecule has 0 aliphatic rings. The van der Waals surface area contributed by atoms with Crippen LogP contribution in [0.1, 0.15) is 38.2 Å². The van der Waals surface area contributed by atoms with E-state index in [-0.39, 0.29) is 5.82 Å². The summed E-state index contributed by atoms with van der Waals surface area (Å²) in [5.74, 6) is -0.154. The first-order valence-electron chi connectivity index (χ1n) is 7.15. The largest absolute Gasteiger partial charge is 0.206 e. The number of hydrogen-bond acceptors (Lipinski definition) is 0. The predicted molar refractivity (Wildman–Crippen MR) is 79.7 cm³/mol. The zero-order valence-corrected chi connectivity index (χ0v) is 11.5. The minimum absolute atomic E-state index is 0.154. The van der Waals surface area contributed by atoms with Crippen molar-refractivity contribution in [2.24, 2.45) is 0 Å². The molecule has 0 unspecified atom stereocenters. The van der Waals surface area contributed by atoms with E-state index in [1.54, 1.807) is 6.07 Å². The molecule has 19 heavy (non-hydrogen) atoms. The van der Waals surface area contributed by atoms with Gasteiger partial charge >= 0.3 is 0 Å². The highest BCUT2D eigenvalue weighted by atomic mass is 19.1. The monoisotopic (exact) mass is 256 g/mol. The fraction of sp³-hybridized carbons (Fsp3) is 0.333. The number of aryl methyl sites for hydroxylation is 1. The molecule has 0 saturated carbocycles. The van der Waals surface area contributed by atoms with Gasteiger partial charge in [-0.05, 0) is 30.0 Å². The van der Waals surface area contributed by atoms with Crippen LogP contribution in [0.3, 0.4) is 0 Å². The minimum Gasteiger partial charge on any atom is -0.206 e. The maximum absolute atomic E-state index is 13.7. The van der Waals surface area contributed by atoms with Gasteiger partial charge in [0.1, 0.15) is 5.82 Å². The first-order chi connectivity index (χ1) is 9.31. The zero-order chi connectivity index (χ0) is 13.5. The van der Waals surface area contributed by atoms with Crippen molar-refractivity contribution in [3.8, 4) is 11.1 Å². The van der Waals surface area contributed by atoms with Gasteiger partial charge in [-0.3, -0.25) is 0 Å². The molecule has 2 aromatic carbocycles. The van der Waals surface area contributed by atoms with Crippen LogP contribution in [0.25, 0.3) is 11.1 Å². The van der Waals surface area contributed by atoms with E-state index >= 15 is 0 Å². The molecule has 0 aliphatic carbocycles. The van der Waals surface area contributed by atoms with Crippen LogP contribution < -0.4 is 0 Å². The Bertz CT molecular complexity index is 499. The summed E-state index contributed by atoms with van der Waals surface area (Å²) in [6.45, 7) is 2.23. The van der Waals surface area contributed by atoms with E-state index in [2.05, 4.69) is 19.1 Å². The summed E-state index contributed by atoms with van der Waals surface area (Å²) in [6.07, 6.45) is 6.25. The van der Waals surface area contributed by atoms with Gasteiger partial charge in [0.15, 0.2) is 0 Å². The molecular weight excluding hydrogens is 235 g/mol. The van der Waals surface area contributed by atoms with Gasteiger partial charge < -0.3 is 0 Å². The average Bonchev–Trinajstić information content (AvgIpc) is 2.45. The molecule has 0 aromatic heterocycles. The van der Waals surface area contributed by atoms with Crippen molar-refractivity contribution in [1.29, 1.82) is 0 Å². The van der Waals surface area contributed by atoms with Crippen LogP contribution in [0, 0.1) is 5.82 Å². The maximum atomic E-state index is 13.7. The molecule has 0 spiro atoms. The first-order valence-corrected chi connectivity index (χ1v) is 7.15. The van der Waals surface area contributed by atoms with Gasteiger partial charge in [0.05, 0.1) is 0 Å². The van der Waals surface area contributed by atoms with E-state index in [1.807, 2.05) is 24.3 Å². The molecule has 0 heterocycles. The van der Waals surface area contributed by atoms with Crippen LogP contribution in [0.5, 0.6) is 0 Å². The normalized spacial score (nSPS) is 10.6. The van der Waals surface area contributed by atoms with Gasteiger partial charge in [-0.1, -0.05) is 68.7 Å². The Morgan fingerprint density at radius 3 is 2.26 bits per heavy atom. The Morgan fingerprint density at radius 2 is 1.58 bits per heavy atom. The van der Waals surface area contributed by atoms with E-state index in [1.165, 1.54) is 37.3 Å². The van der Waals surface area contributed by atoms with Gasteiger partial charge in [-0.25, -0.2) is 4.39 Å². The van der Waals surface area contributed by atoms with Crippen molar-refractivity contribution in [3.05, 3.63) is 59.9 Å². The third kappa shape index (κ3) is 3.92. The van der Waals surface area contributed by atoms with Crippen LogP contribution in [0.15, 0.2) is 48.5 Å². The molecule has 0 amide bonds. The summed E-state index contributed by atoms with van der Waals surface area (Å²) in [7, 11) is 0. The lowest BCUT2D eigenvalue weighted by Crippen LogP contribution is -1.87. The van der Waals surface area contributed by atoms with Crippen LogP contribution in [-0.2, 0) is 6.42 Å². The SMILES string of the molecule is CCCCCCc1ccc(-c2ccccc2F)cc1. The van der Waals surface area contributed by atoms with Crippen molar-refractivity contribution in [3.63, 3.8) is 0 Å². The highest BCUT2D eigenvalue weighted by molar-refractivity contribution is 5.64. The fourth-order valence-electron chi connectivity index (χ4n) is 2.30. The third-order valence-corrected chi connectivity index (χ3v) is 3.46. The number of halogens is 1.